The quantitative estimate of drug-likeness (QED) is 0.767. The molecule has 0 fully saturated rings. The molecule has 0 saturated heterocycles. The van der Waals surface area contributed by atoms with Gasteiger partial charge in [-0.05, 0) is 37.3 Å². The fourth-order valence-electron chi connectivity index (χ4n) is 3.04. The molecule has 4 rings (SSSR count). The Morgan fingerprint density at radius 1 is 1.15 bits per heavy atom. The lowest BCUT2D eigenvalue weighted by atomic mass is 10.2. The second-order valence-corrected chi connectivity index (χ2v) is 7.27. The summed E-state index contributed by atoms with van der Waals surface area (Å²) in [5, 5.41) is 2.89. The number of nitrogens with zero attached hydrogens (tertiary/aromatic N) is 2. The number of benzene rings is 1. The Morgan fingerprint density at radius 3 is 2.73 bits per heavy atom. The van der Waals surface area contributed by atoms with E-state index in [2.05, 4.69) is 10.3 Å². The SMILES string of the molecule is Cc1cc(NC(=O)c2cc3c(s2)CCN3C(=O)c2ccccc2)ccn1. The first kappa shape index (κ1) is 16.5. The number of thiophene rings is 1. The first-order valence-corrected chi connectivity index (χ1v) is 9.17. The third-order valence-electron chi connectivity index (χ3n) is 4.28. The molecule has 130 valence electrons. The number of aryl methyl sites for hydroxylation is 1. The van der Waals surface area contributed by atoms with Crippen LogP contribution in [0.1, 0.15) is 30.6 Å². The molecule has 26 heavy (non-hydrogen) atoms. The molecular formula is C20H17N3O2S. The Balaban J connectivity index is 1.55. The van der Waals surface area contributed by atoms with E-state index in [0.717, 1.165) is 22.7 Å². The van der Waals surface area contributed by atoms with Gasteiger partial charge < -0.3 is 10.2 Å². The van der Waals surface area contributed by atoms with Gasteiger partial charge in [0.05, 0.1) is 10.6 Å². The topological polar surface area (TPSA) is 62.3 Å². The number of fused-ring (bicyclic) bond motifs is 1. The molecule has 0 aliphatic carbocycles. The summed E-state index contributed by atoms with van der Waals surface area (Å²) in [4.78, 5) is 32.9. The molecule has 1 aliphatic heterocycles. The Hall–Kier alpha value is -2.99. The molecule has 0 spiro atoms. The first-order chi connectivity index (χ1) is 12.6. The van der Waals surface area contributed by atoms with E-state index in [-0.39, 0.29) is 11.8 Å². The van der Waals surface area contributed by atoms with Crippen LogP contribution in [0.4, 0.5) is 11.4 Å². The summed E-state index contributed by atoms with van der Waals surface area (Å²) in [5.41, 5.74) is 3.06. The molecule has 5 nitrogen and oxygen atoms in total. The zero-order chi connectivity index (χ0) is 18.1. The van der Waals surface area contributed by atoms with Gasteiger partial charge in [0.15, 0.2) is 0 Å². The van der Waals surface area contributed by atoms with Gasteiger partial charge in [-0.1, -0.05) is 18.2 Å². The molecule has 0 radical (unpaired) electrons. The first-order valence-electron chi connectivity index (χ1n) is 8.35. The van der Waals surface area contributed by atoms with Gasteiger partial charge in [-0.15, -0.1) is 11.3 Å². The van der Waals surface area contributed by atoms with Gasteiger partial charge in [0.25, 0.3) is 11.8 Å². The number of carbonyl (C=O) groups is 2. The Bertz CT molecular complexity index is 982. The number of nitrogens with one attached hydrogen (secondary N) is 1. The van der Waals surface area contributed by atoms with E-state index >= 15 is 0 Å². The van der Waals surface area contributed by atoms with Crippen molar-refractivity contribution in [2.24, 2.45) is 0 Å². The summed E-state index contributed by atoms with van der Waals surface area (Å²) >= 11 is 1.45. The fourth-order valence-corrected chi connectivity index (χ4v) is 4.08. The Labute approximate surface area is 155 Å². The van der Waals surface area contributed by atoms with Crippen LogP contribution in [0, 0.1) is 6.92 Å². The zero-order valence-corrected chi connectivity index (χ0v) is 15.0. The van der Waals surface area contributed by atoms with Crippen molar-refractivity contribution in [1.29, 1.82) is 0 Å². The molecule has 1 aliphatic rings. The predicted molar refractivity (Wildman–Crippen MR) is 103 cm³/mol. The normalized spacial score (nSPS) is 12.7. The molecule has 1 N–H and O–H groups in total. The lowest BCUT2D eigenvalue weighted by molar-refractivity contribution is 0.0986. The van der Waals surface area contributed by atoms with E-state index in [9.17, 15) is 9.59 Å². The summed E-state index contributed by atoms with van der Waals surface area (Å²) in [6.45, 7) is 2.53. The van der Waals surface area contributed by atoms with Gasteiger partial charge in [0.1, 0.15) is 0 Å². The second kappa shape index (κ2) is 6.72. The number of carbonyl (C=O) groups excluding carboxylic acids is 2. The van der Waals surface area contributed by atoms with Crippen LogP contribution in [0.2, 0.25) is 0 Å². The van der Waals surface area contributed by atoms with Gasteiger partial charge in [-0.25, -0.2) is 0 Å². The number of pyridine rings is 1. The predicted octanol–water partition coefficient (Wildman–Crippen LogP) is 3.91. The van der Waals surface area contributed by atoms with Crippen LogP contribution in [0.25, 0.3) is 0 Å². The van der Waals surface area contributed by atoms with E-state index in [1.807, 2.05) is 49.4 Å². The molecular weight excluding hydrogens is 346 g/mol. The van der Waals surface area contributed by atoms with Crippen molar-refractivity contribution in [2.75, 3.05) is 16.8 Å². The summed E-state index contributed by atoms with van der Waals surface area (Å²) in [6.07, 6.45) is 2.44. The largest absolute Gasteiger partial charge is 0.321 e. The monoisotopic (exact) mass is 363 g/mol. The van der Waals surface area contributed by atoms with Crippen molar-refractivity contribution in [1.82, 2.24) is 4.98 Å². The third kappa shape index (κ3) is 3.11. The molecule has 2 amide bonds. The number of hydrogen-bond acceptors (Lipinski definition) is 4. The maximum Gasteiger partial charge on any atom is 0.265 e. The van der Waals surface area contributed by atoms with Crippen LogP contribution < -0.4 is 10.2 Å². The Morgan fingerprint density at radius 2 is 1.96 bits per heavy atom. The summed E-state index contributed by atoms with van der Waals surface area (Å²) in [5.74, 6) is -0.194. The average molecular weight is 363 g/mol. The summed E-state index contributed by atoms with van der Waals surface area (Å²) in [7, 11) is 0. The van der Waals surface area contributed by atoms with Crippen molar-refractivity contribution in [3.63, 3.8) is 0 Å². The van der Waals surface area contributed by atoms with Gasteiger partial charge in [-0.2, -0.15) is 0 Å². The molecule has 6 heteroatoms. The highest BCUT2D eigenvalue weighted by molar-refractivity contribution is 7.14. The second-order valence-electron chi connectivity index (χ2n) is 6.13. The minimum Gasteiger partial charge on any atom is -0.321 e. The Kier molecular flexibility index (Phi) is 4.26. The number of aromatic nitrogens is 1. The molecule has 1 aromatic carbocycles. The van der Waals surface area contributed by atoms with Crippen molar-refractivity contribution in [3.05, 3.63) is 75.7 Å². The fraction of sp³-hybridized carbons (Fsp3) is 0.150. The van der Waals surface area contributed by atoms with E-state index in [0.29, 0.717) is 22.7 Å². The molecule has 0 saturated carbocycles. The van der Waals surface area contributed by atoms with Crippen LogP contribution in [0.15, 0.2) is 54.7 Å². The van der Waals surface area contributed by atoms with Crippen LogP contribution >= 0.6 is 11.3 Å². The van der Waals surface area contributed by atoms with Gasteiger partial charge >= 0.3 is 0 Å². The smallest absolute Gasteiger partial charge is 0.265 e. The van der Waals surface area contributed by atoms with E-state index in [1.54, 1.807) is 17.2 Å². The summed E-state index contributed by atoms with van der Waals surface area (Å²) < 4.78 is 0. The average Bonchev–Trinajstić information content (AvgIpc) is 3.22. The highest BCUT2D eigenvalue weighted by Crippen LogP contribution is 2.37. The molecule has 0 atom stereocenters. The number of anilines is 2. The van der Waals surface area contributed by atoms with E-state index in [4.69, 9.17) is 0 Å². The minimum absolute atomic E-state index is 0.0288. The molecule has 2 aromatic heterocycles. The number of hydrogen-bond donors (Lipinski definition) is 1. The van der Waals surface area contributed by atoms with Gasteiger partial charge in [0, 0.05) is 41.0 Å². The number of amides is 2. The lowest BCUT2D eigenvalue weighted by Crippen LogP contribution is -2.28. The minimum atomic E-state index is -0.165. The van der Waals surface area contributed by atoms with E-state index < -0.39 is 0 Å². The van der Waals surface area contributed by atoms with Crippen LogP contribution in [0.3, 0.4) is 0 Å². The maximum absolute atomic E-state index is 12.7. The lowest BCUT2D eigenvalue weighted by Gasteiger charge is -2.16. The zero-order valence-electron chi connectivity index (χ0n) is 14.2. The van der Waals surface area contributed by atoms with Crippen LogP contribution in [-0.4, -0.2) is 23.3 Å². The standard InChI is InChI=1S/C20H17N3O2S/c1-13-11-15(7-9-21-13)22-19(24)18-12-16-17(26-18)8-10-23(16)20(25)14-5-3-2-4-6-14/h2-7,9,11-12H,8,10H2,1H3,(H,21,22,24). The van der Waals surface area contributed by atoms with Crippen molar-refractivity contribution in [3.8, 4) is 0 Å². The third-order valence-corrected chi connectivity index (χ3v) is 5.47. The van der Waals surface area contributed by atoms with Gasteiger partial charge in [-0.3, -0.25) is 14.6 Å². The van der Waals surface area contributed by atoms with Gasteiger partial charge in [0.2, 0.25) is 0 Å². The molecule has 0 unspecified atom stereocenters. The van der Waals surface area contributed by atoms with Crippen molar-refractivity contribution >= 4 is 34.5 Å². The van der Waals surface area contributed by atoms with Crippen LogP contribution in [0.5, 0.6) is 0 Å². The summed E-state index contributed by atoms with van der Waals surface area (Å²) in [6, 6.07) is 14.6. The highest BCUT2D eigenvalue weighted by Gasteiger charge is 2.29. The molecule has 3 aromatic rings. The molecule has 3 heterocycles. The number of rotatable bonds is 3. The van der Waals surface area contributed by atoms with E-state index in [1.165, 1.54) is 11.3 Å². The van der Waals surface area contributed by atoms with Crippen LogP contribution in [-0.2, 0) is 6.42 Å². The molecule has 0 bridgehead atoms. The highest BCUT2D eigenvalue weighted by atomic mass is 32.1. The van der Waals surface area contributed by atoms with Crippen molar-refractivity contribution < 1.29 is 9.59 Å². The maximum atomic E-state index is 12.7. The van der Waals surface area contributed by atoms with Crippen molar-refractivity contribution in [2.45, 2.75) is 13.3 Å².